The zero-order chi connectivity index (χ0) is 9.42. The molecule has 0 saturated carbocycles. The van der Waals surface area contributed by atoms with Gasteiger partial charge in [-0.15, -0.1) is 0 Å². The molecule has 0 radical (unpaired) electrons. The topological polar surface area (TPSA) is 56.7 Å². The summed E-state index contributed by atoms with van der Waals surface area (Å²) in [5.74, 6) is 0. The van der Waals surface area contributed by atoms with Gasteiger partial charge in [-0.05, 0) is 19.9 Å². The molecule has 2 rings (SSSR count). The summed E-state index contributed by atoms with van der Waals surface area (Å²) in [4.78, 5) is 4.18. The van der Waals surface area contributed by atoms with E-state index in [1.54, 1.807) is 12.4 Å². The zero-order valence-electron chi connectivity index (χ0n) is 7.73. The molecule has 2 aromatic rings. The second kappa shape index (κ2) is 2.73. The molecule has 4 heteroatoms. The monoisotopic (exact) mass is 176 g/mol. The lowest BCUT2D eigenvalue weighted by atomic mass is 10.3. The Bertz CT molecular complexity index is 430. The van der Waals surface area contributed by atoms with Crippen LogP contribution in [0.5, 0.6) is 0 Å². The lowest BCUT2D eigenvalue weighted by Crippen LogP contribution is -2.02. The number of nitrogens with two attached hydrogens (primary N) is 1. The fourth-order valence-corrected chi connectivity index (χ4v) is 1.35. The van der Waals surface area contributed by atoms with E-state index >= 15 is 0 Å². The van der Waals surface area contributed by atoms with Crippen LogP contribution in [-0.4, -0.2) is 14.8 Å². The van der Waals surface area contributed by atoms with Crippen LogP contribution in [-0.2, 0) is 0 Å². The summed E-state index contributed by atoms with van der Waals surface area (Å²) in [5, 5.41) is 4.23. The minimum atomic E-state index is 0.334. The molecule has 0 atom stereocenters. The number of pyridine rings is 1. The number of aromatic nitrogens is 3. The highest BCUT2D eigenvalue weighted by molar-refractivity contribution is 5.77. The Hall–Kier alpha value is -1.58. The molecule has 4 nitrogen and oxygen atoms in total. The first-order valence-corrected chi connectivity index (χ1v) is 4.27. The molecule has 0 aliphatic carbocycles. The summed E-state index contributed by atoms with van der Waals surface area (Å²) in [7, 11) is 0. The minimum Gasteiger partial charge on any atom is -0.397 e. The molecule has 0 aliphatic rings. The van der Waals surface area contributed by atoms with Crippen LogP contribution >= 0.6 is 0 Å². The summed E-state index contributed by atoms with van der Waals surface area (Å²) < 4.78 is 1.92. The fourth-order valence-electron chi connectivity index (χ4n) is 1.35. The molecule has 0 spiro atoms. The van der Waals surface area contributed by atoms with Gasteiger partial charge in [-0.2, -0.15) is 5.10 Å². The number of anilines is 1. The fraction of sp³-hybridized carbons (Fsp3) is 0.333. The molecule has 2 aromatic heterocycles. The summed E-state index contributed by atoms with van der Waals surface area (Å²) in [6, 6.07) is 2.23. The molecule has 2 heterocycles. The van der Waals surface area contributed by atoms with Gasteiger partial charge in [0.15, 0.2) is 0 Å². The van der Waals surface area contributed by atoms with E-state index in [2.05, 4.69) is 23.9 Å². The number of fused-ring (bicyclic) bond motifs is 1. The molecule has 0 amide bonds. The predicted molar refractivity (Wildman–Crippen MR) is 52.3 cm³/mol. The zero-order valence-corrected chi connectivity index (χ0v) is 7.73. The average molecular weight is 176 g/mol. The van der Waals surface area contributed by atoms with Gasteiger partial charge in [-0.25, -0.2) is 0 Å². The molecule has 13 heavy (non-hydrogen) atoms. The highest BCUT2D eigenvalue weighted by Gasteiger charge is 2.06. The molecular weight excluding hydrogens is 164 g/mol. The number of nitrogens with zero attached hydrogens (tertiary/aromatic N) is 3. The van der Waals surface area contributed by atoms with Crippen molar-refractivity contribution in [1.29, 1.82) is 0 Å². The van der Waals surface area contributed by atoms with Gasteiger partial charge in [0.2, 0.25) is 0 Å². The van der Waals surface area contributed by atoms with Gasteiger partial charge in [0, 0.05) is 6.04 Å². The van der Waals surface area contributed by atoms with Crippen molar-refractivity contribution in [3.05, 3.63) is 18.5 Å². The van der Waals surface area contributed by atoms with E-state index in [9.17, 15) is 0 Å². The van der Waals surface area contributed by atoms with Crippen molar-refractivity contribution in [2.45, 2.75) is 19.9 Å². The van der Waals surface area contributed by atoms with Gasteiger partial charge in [-0.3, -0.25) is 9.67 Å². The van der Waals surface area contributed by atoms with E-state index < -0.39 is 0 Å². The third kappa shape index (κ3) is 1.24. The second-order valence-electron chi connectivity index (χ2n) is 3.36. The Kier molecular flexibility index (Phi) is 1.69. The van der Waals surface area contributed by atoms with Gasteiger partial charge in [0.25, 0.3) is 0 Å². The van der Waals surface area contributed by atoms with Crippen molar-refractivity contribution in [2.75, 3.05) is 5.73 Å². The number of rotatable bonds is 1. The van der Waals surface area contributed by atoms with Crippen molar-refractivity contribution in [3.63, 3.8) is 0 Å². The maximum absolute atomic E-state index is 5.65. The van der Waals surface area contributed by atoms with Gasteiger partial charge < -0.3 is 5.73 Å². The van der Waals surface area contributed by atoms with Crippen LogP contribution in [0.1, 0.15) is 19.9 Å². The highest BCUT2D eigenvalue weighted by Crippen LogP contribution is 2.17. The first kappa shape index (κ1) is 8.04. The third-order valence-corrected chi connectivity index (χ3v) is 1.96. The molecule has 0 aliphatic heterocycles. The Morgan fingerprint density at radius 1 is 1.38 bits per heavy atom. The van der Waals surface area contributed by atoms with E-state index in [-0.39, 0.29) is 0 Å². The van der Waals surface area contributed by atoms with Gasteiger partial charge in [-0.1, -0.05) is 0 Å². The molecule has 0 saturated heterocycles. The normalized spacial score (nSPS) is 11.3. The van der Waals surface area contributed by atoms with Crippen LogP contribution in [0.25, 0.3) is 11.0 Å². The van der Waals surface area contributed by atoms with Gasteiger partial charge in [0.05, 0.1) is 23.6 Å². The van der Waals surface area contributed by atoms with E-state index in [0.717, 1.165) is 11.0 Å². The average Bonchev–Trinajstić information content (AvgIpc) is 2.46. The van der Waals surface area contributed by atoms with E-state index in [4.69, 9.17) is 5.73 Å². The molecule has 0 bridgehead atoms. The van der Waals surface area contributed by atoms with Crippen molar-refractivity contribution in [1.82, 2.24) is 14.8 Å². The molecule has 2 N–H and O–H groups in total. The molecule has 0 aromatic carbocycles. The Morgan fingerprint density at radius 3 is 2.85 bits per heavy atom. The molecule has 0 fully saturated rings. The van der Waals surface area contributed by atoms with Crippen molar-refractivity contribution in [3.8, 4) is 0 Å². The number of nitrogen functional groups attached to an aromatic ring is 1. The summed E-state index contributed by atoms with van der Waals surface area (Å²) in [5.41, 5.74) is 8.21. The highest BCUT2D eigenvalue weighted by atomic mass is 15.3. The van der Waals surface area contributed by atoms with Crippen LogP contribution < -0.4 is 5.73 Å². The van der Waals surface area contributed by atoms with E-state index in [0.29, 0.717) is 11.7 Å². The quantitative estimate of drug-likeness (QED) is 0.717. The van der Waals surface area contributed by atoms with Crippen LogP contribution in [0.4, 0.5) is 5.69 Å². The maximum atomic E-state index is 5.65. The largest absolute Gasteiger partial charge is 0.397 e. The predicted octanol–water partition coefficient (Wildman–Crippen LogP) is 1.59. The number of hydrogen-bond donors (Lipinski definition) is 1. The second-order valence-corrected chi connectivity index (χ2v) is 3.36. The summed E-state index contributed by atoms with van der Waals surface area (Å²) >= 11 is 0. The molecular formula is C9H12N4. The van der Waals surface area contributed by atoms with Gasteiger partial charge >= 0.3 is 0 Å². The Morgan fingerprint density at radius 2 is 2.15 bits per heavy atom. The van der Waals surface area contributed by atoms with Crippen molar-refractivity contribution in [2.24, 2.45) is 0 Å². The first-order chi connectivity index (χ1) is 6.18. The molecule has 0 unspecified atom stereocenters. The Balaban J connectivity index is 2.71. The van der Waals surface area contributed by atoms with E-state index in [1.807, 2.05) is 10.7 Å². The summed E-state index contributed by atoms with van der Waals surface area (Å²) in [6.07, 6.45) is 3.41. The van der Waals surface area contributed by atoms with E-state index in [1.165, 1.54) is 0 Å². The molecule has 68 valence electrons. The lowest BCUT2D eigenvalue weighted by Gasteiger charge is -2.06. The maximum Gasteiger partial charge on any atom is 0.108 e. The van der Waals surface area contributed by atoms with Crippen molar-refractivity contribution >= 4 is 16.7 Å². The van der Waals surface area contributed by atoms with Gasteiger partial charge in [0.1, 0.15) is 5.52 Å². The lowest BCUT2D eigenvalue weighted by molar-refractivity contribution is 0.551. The summed E-state index contributed by atoms with van der Waals surface area (Å²) in [6.45, 7) is 4.16. The van der Waals surface area contributed by atoms with Crippen LogP contribution in [0.2, 0.25) is 0 Å². The smallest absolute Gasteiger partial charge is 0.108 e. The Labute approximate surface area is 76.4 Å². The standard InChI is InChI=1S/C9H12N4/c1-6(2)13-9-3-7(10)4-11-8(9)5-12-13/h3-6H,10H2,1-2H3. The SMILES string of the molecule is CC(C)n1ncc2ncc(N)cc21. The first-order valence-electron chi connectivity index (χ1n) is 4.27. The number of hydrogen-bond acceptors (Lipinski definition) is 3. The van der Waals surface area contributed by atoms with Crippen LogP contribution in [0, 0.1) is 0 Å². The van der Waals surface area contributed by atoms with Crippen LogP contribution in [0.3, 0.4) is 0 Å². The van der Waals surface area contributed by atoms with Crippen molar-refractivity contribution < 1.29 is 0 Å². The third-order valence-electron chi connectivity index (χ3n) is 1.96. The van der Waals surface area contributed by atoms with Crippen LogP contribution in [0.15, 0.2) is 18.5 Å². The minimum absolute atomic E-state index is 0.334.